The highest BCUT2D eigenvalue weighted by Gasteiger charge is 2.14. The van der Waals surface area contributed by atoms with Crippen LogP contribution in [0.15, 0.2) is 24.3 Å². The number of ether oxygens (including phenoxy) is 2. The van der Waals surface area contributed by atoms with Crippen LogP contribution in [0.1, 0.15) is 5.69 Å². The second-order valence-corrected chi connectivity index (χ2v) is 5.27. The van der Waals surface area contributed by atoms with E-state index in [9.17, 15) is 0 Å². The molecule has 0 saturated carbocycles. The molecular weight excluding hydrogens is 328 g/mol. The van der Waals surface area contributed by atoms with Crippen LogP contribution in [0.25, 0.3) is 21.0 Å². The molecule has 0 aliphatic rings. The molecule has 0 radical (unpaired) electrons. The summed E-state index contributed by atoms with van der Waals surface area (Å²) in [5, 5.41) is 3.91. The smallest absolute Gasteiger partial charge is 0.224 e. The van der Waals surface area contributed by atoms with Gasteiger partial charge in [0.05, 0.1) is 5.69 Å². The molecule has 3 aromatic rings. The summed E-state index contributed by atoms with van der Waals surface area (Å²) in [6.07, 6.45) is 0. The molecule has 0 saturated heterocycles. The minimum atomic E-state index is 0.187. The first-order chi connectivity index (χ1) is 9.35. The number of fused-ring (bicyclic) bond motifs is 3. The van der Waals surface area contributed by atoms with Crippen LogP contribution in [-0.4, -0.2) is 23.3 Å². The summed E-state index contributed by atoms with van der Waals surface area (Å²) in [6.45, 7) is 0.187. The van der Waals surface area contributed by atoms with Gasteiger partial charge in [0, 0.05) is 23.2 Å². The van der Waals surface area contributed by atoms with Gasteiger partial charge in [0.2, 0.25) is 5.88 Å². The Hall–Kier alpha value is -1.24. The van der Waals surface area contributed by atoms with Gasteiger partial charge in [-0.25, -0.2) is 4.98 Å². The van der Waals surface area contributed by atoms with Gasteiger partial charge in [-0.05, 0) is 23.0 Å². The first-order valence-corrected chi connectivity index (χ1v) is 7.59. The van der Waals surface area contributed by atoms with Crippen molar-refractivity contribution in [1.29, 1.82) is 0 Å². The molecule has 0 aliphatic carbocycles. The number of halogens is 1. The van der Waals surface area contributed by atoms with E-state index in [-0.39, 0.29) is 6.79 Å². The lowest BCUT2D eigenvalue weighted by molar-refractivity contribution is 0.0493. The molecule has 98 valence electrons. The van der Waals surface area contributed by atoms with Gasteiger partial charge < -0.3 is 9.47 Å². The number of rotatable bonds is 4. The van der Waals surface area contributed by atoms with Crippen LogP contribution in [0.4, 0.5) is 0 Å². The molecule has 3 rings (SSSR count). The Balaban J connectivity index is 2.32. The van der Waals surface area contributed by atoms with E-state index >= 15 is 0 Å². The lowest BCUT2D eigenvalue weighted by Crippen LogP contribution is -2.01. The van der Waals surface area contributed by atoms with Crippen LogP contribution in [0.2, 0.25) is 0 Å². The van der Waals surface area contributed by atoms with Crippen molar-refractivity contribution in [1.82, 2.24) is 9.36 Å². The molecule has 2 aromatic heterocycles. The van der Waals surface area contributed by atoms with Crippen LogP contribution in [0.3, 0.4) is 0 Å². The predicted octanol–water partition coefficient (Wildman–Crippen LogP) is 3.72. The average molecular weight is 339 g/mol. The molecule has 0 bridgehead atoms. The van der Waals surface area contributed by atoms with Gasteiger partial charge in [0.15, 0.2) is 6.79 Å². The van der Waals surface area contributed by atoms with Crippen LogP contribution in [-0.2, 0) is 10.1 Å². The lowest BCUT2D eigenvalue weighted by Gasteiger charge is -2.08. The van der Waals surface area contributed by atoms with E-state index < -0.39 is 0 Å². The molecule has 0 N–H and O–H groups in total. The van der Waals surface area contributed by atoms with Gasteiger partial charge in [-0.2, -0.15) is 4.37 Å². The number of benzene rings is 1. The molecule has 19 heavy (non-hydrogen) atoms. The van der Waals surface area contributed by atoms with E-state index in [0.717, 1.165) is 32.0 Å². The maximum absolute atomic E-state index is 5.55. The number of methoxy groups -OCH3 is 1. The molecule has 0 aliphatic heterocycles. The predicted molar refractivity (Wildman–Crippen MR) is 80.1 cm³/mol. The Kier molecular flexibility index (Phi) is 3.63. The summed E-state index contributed by atoms with van der Waals surface area (Å²) in [6, 6.07) is 8.06. The summed E-state index contributed by atoms with van der Waals surface area (Å²) < 4.78 is 14.9. The Morgan fingerprint density at radius 2 is 2.05 bits per heavy atom. The Morgan fingerprint density at radius 3 is 2.79 bits per heavy atom. The normalized spacial score (nSPS) is 11.3. The third-order valence-corrected chi connectivity index (χ3v) is 4.13. The van der Waals surface area contributed by atoms with E-state index in [0.29, 0.717) is 5.88 Å². The van der Waals surface area contributed by atoms with Crippen LogP contribution in [0.5, 0.6) is 5.88 Å². The topological polar surface area (TPSA) is 44.2 Å². The summed E-state index contributed by atoms with van der Waals surface area (Å²) in [5.41, 5.74) is 1.02. The molecule has 0 spiro atoms. The summed E-state index contributed by atoms with van der Waals surface area (Å²) in [4.78, 5) is 5.43. The number of hydrogen-bond acceptors (Lipinski definition) is 5. The van der Waals surface area contributed by atoms with Gasteiger partial charge in [-0.15, -0.1) is 0 Å². The minimum absolute atomic E-state index is 0.187. The fourth-order valence-electron chi connectivity index (χ4n) is 2.02. The van der Waals surface area contributed by atoms with Crippen molar-refractivity contribution in [2.24, 2.45) is 0 Å². The van der Waals surface area contributed by atoms with Crippen molar-refractivity contribution in [3.8, 4) is 5.88 Å². The zero-order valence-corrected chi connectivity index (χ0v) is 12.6. The molecule has 0 unspecified atom stereocenters. The SMILES string of the molecule is COCOc1nc2snc(CBr)c2c2ccccc12. The van der Waals surface area contributed by atoms with E-state index in [4.69, 9.17) is 9.47 Å². The van der Waals surface area contributed by atoms with Crippen molar-refractivity contribution >= 4 is 48.5 Å². The average Bonchev–Trinajstić information content (AvgIpc) is 2.88. The third-order valence-electron chi connectivity index (χ3n) is 2.81. The van der Waals surface area contributed by atoms with Gasteiger partial charge in [-0.1, -0.05) is 34.1 Å². The summed E-state index contributed by atoms with van der Waals surface area (Å²) >= 11 is 4.86. The number of hydrogen-bond donors (Lipinski definition) is 0. The fourth-order valence-corrected chi connectivity index (χ4v) is 3.38. The minimum Gasteiger partial charge on any atom is -0.450 e. The zero-order valence-electron chi connectivity index (χ0n) is 10.2. The fraction of sp³-hybridized carbons (Fsp3) is 0.231. The molecule has 2 heterocycles. The highest BCUT2D eigenvalue weighted by Crippen LogP contribution is 2.35. The second kappa shape index (κ2) is 5.40. The van der Waals surface area contributed by atoms with Gasteiger partial charge in [-0.3, -0.25) is 0 Å². The number of aromatic nitrogens is 2. The van der Waals surface area contributed by atoms with E-state index in [1.54, 1.807) is 7.11 Å². The Bertz CT molecular complexity index is 729. The highest BCUT2D eigenvalue weighted by atomic mass is 79.9. The van der Waals surface area contributed by atoms with E-state index in [1.807, 2.05) is 18.2 Å². The maximum atomic E-state index is 5.55. The van der Waals surface area contributed by atoms with Gasteiger partial charge in [0.25, 0.3) is 0 Å². The number of alkyl halides is 1. The monoisotopic (exact) mass is 338 g/mol. The molecular formula is C13H11BrN2O2S. The van der Waals surface area contributed by atoms with Gasteiger partial charge in [0.1, 0.15) is 4.83 Å². The zero-order chi connectivity index (χ0) is 13.2. The Morgan fingerprint density at radius 1 is 1.26 bits per heavy atom. The van der Waals surface area contributed by atoms with E-state index in [1.165, 1.54) is 11.5 Å². The molecule has 0 amide bonds. The van der Waals surface area contributed by atoms with Crippen molar-refractivity contribution in [3.05, 3.63) is 30.0 Å². The van der Waals surface area contributed by atoms with Crippen molar-refractivity contribution in [2.45, 2.75) is 5.33 Å². The summed E-state index contributed by atoms with van der Waals surface area (Å²) in [7, 11) is 1.59. The maximum Gasteiger partial charge on any atom is 0.224 e. The standard InChI is InChI=1S/C13H11BrN2O2S/c1-17-7-18-12-9-5-3-2-4-8(9)11-10(6-14)16-19-13(11)15-12/h2-5H,6-7H2,1H3. The summed E-state index contributed by atoms with van der Waals surface area (Å²) in [5.74, 6) is 0.592. The van der Waals surface area contributed by atoms with Gasteiger partial charge >= 0.3 is 0 Å². The largest absolute Gasteiger partial charge is 0.450 e. The third kappa shape index (κ3) is 2.20. The van der Waals surface area contributed by atoms with E-state index in [2.05, 4.69) is 31.4 Å². The van der Waals surface area contributed by atoms with Crippen molar-refractivity contribution in [2.75, 3.05) is 13.9 Å². The molecule has 4 nitrogen and oxygen atoms in total. The highest BCUT2D eigenvalue weighted by molar-refractivity contribution is 9.08. The Labute approximate surface area is 122 Å². The first-order valence-electron chi connectivity index (χ1n) is 5.70. The molecule has 6 heteroatoms. The molecule has 0 fully saturated rings. The van der Waals surface area contributed by atoms with Crippen molar-refractivity contribution < 1.29 is 9.47 Å². The number of pyridine rings is 1. The van der Waals surface area contributed by atoms with Crippen molar-refractivity contribution in [3.63, 3.8) is 0 Å². The van der Waals surface area contributed by atoms with Crippen LogP contribution >= 0.6 is 27.5 Å². The lowest BCUT2D eigenvalue weighted by atomic mass is 10.1. The van der Waals surface area contributed by atoms with Crippen LogP contribution in [0, 0.1) is 0 Å². The second-order valence-electron chi connectivity index (χ2n) is 3.96. The first kappa shape index (κ1) is 12.8. The molecule has 1 aromatic carbocycles. The molecule has 0 atom stereocenters. The quantitative estimate of drug-likeness (QED) is 0.537. The number of nitrogens with zero attached hydrogens (tertiary/aromatic N) is 2. The van der Waals surface area contributed by atoms with Crippen LogP contribution < -0.4 is 4.74 Å².